The zero-order valence-corrected chi connectivity index (χ0v) is 13.9. The first-order chi connectivity index (χ1) is 10.5. The first kappa shape index (κ1) is 18.2. The van der Waals surface area contributed by atoms with E-state index in [-0.39, 0.29) is 24.3 Å². The number of para-hydroxylation sites is 1. The van der Waals surface area contributed by atoms with Crippen molar-refractivity contribution < 1.29 is 14.3 Å². The van der Waals surface area contributed by atoms with Crippen LogP contribution in [0.1, 0.15) is 44.5 Å². The highest BCUT2D eigenvalue weighted by Gasteiger charge is 2.17. The fourth-order valence-electron chi connectivity index (χ4n) is 2.06. The smallest absolute Gasteiger partial charge is 0.255 e. The molecule has 0 unspecified atom stereocenters. The maximum atomic E-state index is 12.5. The van der Waals surface area contributed by atoms with Gasteiger partial charge in [-0.15, -0.1) is 0 Å². The van der Waals surface area contributed by atoms with Gasteiger partial charge in [-0.3, -0.25) is 9.59 Å². The van der Waals surface area contributed by atoms with Gasteiger partial charge in [0.2, 0.25) is 5.91 Å². The summed E-state index contributed by atoms with van der Waals surface area (Å²) in [5.74, 6) is -0.222. The van der Waals surface area contributed by atoms with Gasteiger partial charge in [0.15, 0.2) is 0 Å². The van der Waals surface area contributed by atoms with Crippen molar-refractivity contribution in [3.63, 3.8) is 0 Å². The van der Waals surface area contributed by atoms with E-state index in [1.807, 2.05) is 27.7 Å². The maximum absolute atomic E-state index is 12.5. The molecule has 1 rings (SSSR count). The van der Waals surface area contributed by atoms with Gasteiger partial charge in [-0.1, -0.05) is 12.1 Å². The van der Waals surface area contributed by atoms with Gasteiger partial charge in [0.1, 0.15) is 0 Å². The first-order valence-electron chi connectivity index (χ1n) is 7.79. The van der Waals surface area contributed by atoms with Gasteiger partial charge in [0.25, 0.3) is 5.91 Å². The fraction of sp³-hybridized carbons (Fsp3) is 0.529. The summed E-state index contributed by atoms with van der Waals surface area (Å²) in [6.07, 6.45) is 0.371. The highest BCUT2D eigenvalue weighted by atomic mass is 16.5. The van der Waals surface area contributed by atoms with E-state index in [9.17, 15) is 9.59 Å². The molecule has 0 aliphatic carbocycles. The molecule has 0 aromatic heterocycles. The number of anilines is 1. The van der Waals surface area contributed by atoms with E-state index in [0.717, 1.165) is 0 Å². The largest absolute Gasteiger partial charge is 0.378 e. The Balaban J connectivity index is 2.75. The normalized spacial score (nSPS) is 10.6. The summed E-state index contributed by atoms with van der Waals surface area (Å²) in [6, 6.07) is 7.09. The Kier molecular flexibility index (Phi) is 7.60. The van der Waals surface area contributed by atoms with E-state index in [2.05, 4.69) is 5.32 Å². The highest BCUT2D eigenvalue weighted by Crippen LogP contribution is 2.17. The fourth-order valence-corrected chi connectivity index (χ4v) is 2.06. The van der Waals surface area contributed by atoms with Crippen molar-refractivity contribution in [1.82, 2.24) is 4.90 Å². The van der Waals surface area contributed by atoms with Crippen molar-refractivity contribution in [3.05, 3.63) is 29.8 Å². The molecular weight excluding hydrogens is 280 g/mol. The number of carbonyl (C=O) groups excluding carboxylic acids is 2. The minimum absolute atomic E-state index is 0.0701. The van der Waals surface area contributed by atoms with Crippen molar-refractivity contribution >= 4 is 17.5 Å². The van der Waals surface area contributed by atoms with Gasteiger partial charge in [0, 0.05) is 13.1 Å². The molecule has 0 spiro atoms. The van der Waals surface area contributed by atoms with E-state index in [1.165, 1.54) is 0 Å². The van der Waals surface area contributed by atoms with E-state index in [4.69, 9.17) is 4.74 Å². The molecule has 1 N–H and O–H groups in total. The highest BCUT2D eigenvalue weighted by molar-refractivity contribution is 6.03. The van der Waals surface area contributed by atoms with E-state index < -0.39 is 0 Å². The minimum atomic E-state index is -0.152. The summed E-state index contributed by atoms with van der Waals surface area (Å²) in [5, 5.41) is 2.80. The summed E-state index contributed by atoms with van der Waals surface area (Å²) in [5.41, 5.74) is 1.07. The average molecular weight is 306 g/mol. The molecule has 0 bridgehead atoms. The Hall–Kier alpha value is -1.88. The lowest BCUT2D eigenvalue weighted by Crippen LogP contribution is -2.31. The van der Waals surface area contributed by atoms with Crippen molar-refractivity contribution in [2.75, 3.05) is 25.0 Å². The van der Waals surface area contributed by atoms with Crippen LogP contribution in [0.25, 0.3) is 0 Å². The van der Waals surface area contributed by atoms with Crippen molar-refractivity contribution in [2.24, 2.45) is 0 Å². The number of nitrogens with zero attached hydrogens (tertiary/aromatic N) is 1. The third-order valence-electron chi connectivity index (χ3n) is 3.26. The van der Waals surface area contributed by atoms with E-state index in [0.29, 0.717) is 30.9 Å². The third kappa shape index (κ3) is 5.48. The maximum Gasteiger partial charge on any atom is 0.255 e. The molecule has 22 heavy (non-hydrogen) atoms. The number of rotatable bonds is 8. The Bertz CT molecular complexity index is 496. The van der Waals surface area contributed by atoms with Gasteiger partial charge < -0.3 is 15.0 Å². The Labute approximate surface area is 132 Å². The number of amides is 2. The van der Waals surface area contributed by atoms with Crippen LogP contribution in [0.2, 0.25) is 0 Å². The summed E-state index contributed by atoms with van der Waals surface area (Å²) in [4.78, 5) is 26.2. The molecule has 0 aliphatic rings. The van der Waals surface area contributed by atoms with Crippen molar-refractivity contribution in [3.8, 4) is 0 Å². The quantitative estimate of drug-likeness (QED) is 0.803. The molecule has 0 saturated carbocycles. The monoisotopic (exact) mass is 306 g/mol. The Morgan fingerprint density at radius 2 is 1.82 bits per heavy atom. The standard InChI is InChI=1S/C17H26N2O3/c1-5-19(6-2)17(21)14-9-7-8-10-15(14)18-16(20)11-12-22-13(3)4/h7-10,13H,5-6,11-12H2,1-4H3,(H,18,20). The van der Waals surface area contributed by atoms with Gasteiger partial charge in [-0.05, 0) is 39.8 Å². The molecule has 0 saturated heterocycles. The lowest BCUT2D eigenvalue weighted by Gasteiger charge is -2.20. The van der Waals surface area contributed by atoms with Crippen LogP contribution in [-0.4, -0.2) is 42.5 Å². The number of benzene rings is 1. The molecule has 122 valence electrons. The van der Waals surface area contributed by atoms with Gasteiger partial charge in [-0.2, -0.15) is 0 Å². The van der Waals surface area contributed by atoms with E-state index >= 15 is 0 Å². The van der Waals surface area contributed by atoms with Crippen LogP contribution in [-0.2, 0) is 9.53 Å². The van der Waals surface area contributed by atoms with Crippen LogP contribution in [0.4, 0.5) is 5.69 Å². The Morgan fingerprint density at radius 1 is 1.18 bits per heavy atom. The molecule has 5 heteroatoms. The second kappa shape index (κ2) is 9.20. The number of ether oxygens (including phenoxy) is 1. The summed E-state index contributed by atoms with van der Waals surface area (Å²) in [7, 11) is 0. The van der Waals surface area contributed by atoms with Crippen molar-refractivity contribution in [1.29, 1.82) is 0 Å². The average Bonchev–Trinajstić information content (AvgIpc) is 2.48. The van der Waals surface area contributed by atoms with Crippen LogP contribution in [0.5, 0.6) is 0 Å². The molecule has 0 aliphatic heterocycles. The summed E-state index contributed by atoms with van der Waals surface area (Å²) >= 11 is 0. The number of nitrogens with one attached hydrogen (secondary N) is 1. The zero-order valence-electron chi connectivity index (χ0n) is 13.9. The summed E-state index contributed by atoms with van der Waals surface area (Å²) < 4.78 is 5.36. The lowest BCUT2D eigenvalue weighted by atomic mass is 10.1. The first-order valence-corrected chi connectivity index (χ1v) is 7.79. The number of hydrogen-bond donors (Lipinski definition) is 1. The molecule has 5 nitrogen and oxygen atoms in total. The molecule has 2 amide bonds. The molecule has 0 fully saturated rings. The predicted octanol–water partition coefficient (Wildman–Crippen LogP) is 2.92. The van der Waals surface area contributed by atoms with Crippen LogP contribution in [0, 0.1) is 0 Å². The van der Waals surface area contributed by atoms with Gasteiger partial charge >= 0.3 is 0 Å². The summed E-state index contributed by atoms with van der Waals surface area (Å²) in [6.45, 7) is 9.37. The number of hydrogen-bond acceptors (Lipinski definition) is 3. The second-order valence-corrected chi connectivity index (χ2v) is 5.24. The van der Waals surface area contributed by atoms with Crippen LogP contribution in [0.15, 0.2) is 24.3 Å². The molecule has 1 aromatic carbocycles. The third-order valence-corrected chi connectivity index (χ3v) is 3.26. The predicted molar refractivity (Wildman–Crippen MR) is 88.0 cm³/mol. The molecule has 0 atom stereocenters. The van der Waals surface area contributed by atoms with Crippen LogP contribution >= 0.6 is 0 Å². The minimum Gasteiger partial charge on any atom is -0.378 e. The molecule has 0 heterocycles. The number of carbonyl (C=O) groups is 2. The van der Waals surface area contributed by atoms with E-state index in [1.54, 1.807) is 29.2 Å². The van der Waals surface area contributed by atoms with Crippen LogP contribution < -0.4 is 5.32 Å². The molecular formula is C17H26N2O3. The van der Waals surface area contributed by atoms with Gasteiger partial charge in [0.05, 0.1) is 30.4 Å². The zero-order chi connectivity index (χ0) is 16.5. The topological polar surface area (TPSA) is 58.6 Å². The van der Waals surface area contributed by atoms with Gasteiger partial charge in [-0.25, -0.2) is 0 Å². The lowest BCUT2D eigenvalue weighted by molar-refractivity contribution is -0.117. The Morgan fingerprint density at radius 3 is 2.41 bits per heavy atom. The van der Waals surface area contributed by atoms with Crippen molar-refractivity contribution in [2.45, 2.75) is 40.2 Å². The van der Waals surface area contributed by atoms with Crippen LogP contribution in [0.3, 0.4) is 0 Å². The SMILES string of the molecule is CCN(CC)C(=O)c1ccccc1NC(=O)CCOC(C)C. The molecule has 0 radical (unpaired) electrons. The molecule has 1 aromatic rings. The second-order valence-electron chi connectivity index (χ2n) is 5.24.